The summed E-state index contributed by atoms with van der Waals surface area (Å²) < 4.78 is 8.53. The molecule has 5 heteroatoms. The van der Waals surface area contributed by atoms with Crippen molar-refractivity contribution in [3.05, 3.63) is 57.8 Å². The van der Waals surface area contributed by atoms with E-state index in [1.807, 2.05) is 36.4 Å². The lowest BCUT2D eigenvalue weighted by Gasteiger charge is -2.20. The van der Waals surface area contributed by atoms with E-state index in [1.54, 1.807) is 0 Å². The molecule has 0 fully saturated rings. The van der Waals surface area contributed by atoms with Crippen LogP contribution >= 0.6 is 15.9 Å². The number of hydrogen-bond donors (Lipinski definition) is 1. The summed E-state index contributed by atoms with van der Waals surface area (Å²) in [5.74, 6) is -0.0457. The van der Waals surface area contributed by atoms with Gasteiger partial charge in [-0.2, -0.15) is 0 Å². The molecule has 0 saturated heterocycles. The van der Waals surface area contributed by atoms with Gasteiger partial charge in [-0.05, 0) is 34.0 Å². The molecule has 1 aromatic carbocycles. The van der Waals surface area contributed by atoms with Gasteiger partial charge in [-0.1, -0.05) is 37.3 Å². The van der Waals surface area contributed by atoms with Crippen molar-refractivity contribution in [1.29, 1.82) is 0 Å². The molecule has 1 atom stereocenters. The van der Waals surface area contributed by atoms with Gasteiger partial charge in [0.2, 0.25) is 0 Å². The second-order valence-electron chi connectivity index (χ2n) is 5.38. The van der Waals surface area contributed by atoms with Gasteiger partial charge in [0.25, 0.3) is 5.91 Å². The molecule has 1 aliphatic heterocycles. The zero-order chi connectivity index (χ0) is 15.5. The highest BCUT2D eigenvalue weighted by Crippen LogP contribution is 2.26. The predicted octanol–water partition coefficient (Wildman–Crippen LogP) is 3.66. The van der Waals surface area contributed by atoms with Gasteiger partial charge in [-0.25, -0.2) is 0 Å². The lowest BCUT2D eigenvalue weighted by Crippen LogP contribution is -2.29. The summed E-state index contributed by atoms with van der Waals surface area (Å²) in [6.45, 7) is 4.02. The number of aromatic nitrogens is 1. The zero-order valence-electron chi connectivity index (χ0n) is 12.5. The summed E-state index contributed by atoms with van der Waals surface area (Å²) in [6, 6.07) is 12.0. The fourth-order valence-electron chi connectivity index (χ4n) is 2.82. The predicted molar refractivity (Wildman–Crippen MR) is 88.7 cm³/mol. The van der Waals surface area contributed by atoms with E-state index in [0.29, 0.717) is 18.8 Å². The average molecular weight is 363 g/mol. The van der Waals surface area contributed by atoms with E-state index in [2.05, 4.69) is 32.7 Å². The molecule has 3 rings (SSSR count). The van der Waals surface area contributed by atoms with Crippen LogP contribution in [-0.2, 0) is 17.9 Å². The van der Waals surface area contributed by atoms with E-state index in [1.165, 1.54) is 0 Å². The van der Waals surface area contributed by atoms with Crippen molar-refractivity contribution in [3.63, 3.8) is 0 Å². The zero-order valence-corrected chi connectivity index (χ0v) is 14.1. The lowest BCUT2D eigenvalue weighted by atomic mass is 10.0. The van der Waals surface area contributed by atoms with Crippen molar-refractivity contribution in [2.24, 2.45) is 0 Å². The molecule has 0 bridgehead atoms. The van der Waals surface area contributed by atoms with Crippen molar-refractivity contribution >= 4 is 21.8 Å². The molecule has 1 aromatic heterocycles. The highest BCUT2D eigenvalue weighted by molar-refractivity contribution is 9.10. The maximum Gasteiger partial charge on any atom is 0.253 e. The molecule has 116 valence electrons. The number of nitrogens with zero attached hydrogens (tertiary/aromatic N) is 1. The summed E-state index contributed by atoms with van der Waals surface area (Å²) >= 11 is 3.53. The Morgan fingerprint density at radius 3 is 2.91 bits per heavy atom. The van der Waals surface area contributed by atoms with Crippen molar-refractivity contribution in [2.45, 2.75) is 32.5 Å². The molecule has 0 aliphatic carbocycles. The standard InChI is InChI=1S/C17H19BrN2O2/c1-2-14(12-6-4-3-5-7-12)19-17(21)13-10-16(18)20-8-9-22-11-15(13)20/h3-7,10,14H,2,8-9,11H2,1H3,(H,19,21)/t14-/m1/s1. The van der Waals surface area contributed by atoms with Crippen LogP contribution in [-0.4, -0.2) is 17.1 Å². The van der Waals surface area contributed by atoms with Gasteiger partial charge in [-0.15, -0.1) is 0 Å². The summed E-state index contributed by atoms with van der Waals surface area (Å²) in [5, 5.41) is 3.13. The highest BCUT2D eigenvalue weighted by Gasteiger charge is 2.23. The Kier molecular flexibility index (Phi) is 4.64. The average Bonchev–Trinajstić information content (AvgIpc) is 2.91. The number of fused-ring (bicyclic) bond motifs is 1. The number of amides is 1. The first kappa shape index (κ1) is 15.3. The Hall–Kier alpha value is -1.59. The van der Waals surface area contributed by atoms with Crippen molar-refractivity contribution in [2.75, 3.05) is 6.61 Å². The second-order valence-corrected chi connectivity index (χ2v) is 6.19. The number of hydrogen-bond acceptors (Lipinski definition) is 2. The molecule has 0 saturated carbocycles. The highest BCUT2D eigenvalue weighted by atomic mass is 79.9. The fourth-order valence-corrected chi connectivity index (χ4v) is 3.44. The van der Waals surface area contributed by atoms with Crippen LogP contribution in [0.3, 0.4) is 0 Å². The number of ether oxygens (including phenoxy) is 1. The molecule has 1 N–H and O–H groups in total. The molecule has 2 heterocycles. The molecule has 0 radical (unpaired) electrons. The number of benzene rings is 1. The maximum absolute atomic E-state index is 12.7. The van der Waals surface area contributed by atoms with Crippen LogP contribution in [0.15, 0.2) is 41.0 Å². The maximum atomic E-state index is 12.7. The summed E-state index contributed by atoms with van der Waals surface area (Å²) in [7, 11) is 0. The van der Waals surface area contributed by atoms with E-state index in [0.717, 1.165) is 28.8 Å². The number of carbonyl (C=O) groups is 1. The third-order valence-electron chi connectivity index (χ3n) is 4.02. The number of rotatable bonds is 4. The Balaban J connectivity index is 1.82. The number of halogens is 1. The van der Waals surface area contributed by atoms with E-state index in [9.17, 15) is 4.79 Å². The van der Waals surface area contributed by atoms with Gasteiger partial charge in [-0.3, -0.25) is 4.79 Å². The van der Waals surface area contributed by atoms with Crippen LogP contribution in [0.2, 0.25) is 0 Å². The molecule has 1 aliphatic rings. The molecule has 0 unspecified atom stereocenters. The smallest absolute Gasteiger partial charge is 0.253 e. The third-order valence-corrected chi connectivity index (χ3v) is 4.67. The molecule has 4 nitrogen and oxygen atoms in total. The van der Waals surface area contributed by atoms with E-state index >= 15 is 0 Å². The minimum absolute atomic E-state index is 0.0209. The molecule has 1 amide bonds. The van der Waals surface area contributed by atoms with Crippen molar-refractivity contribution in [1.82, 2.24) is 9.88 Å². The monoisotopic (exact) mass is 362 g/mol. The number of nitrogens with one attached hydrogen (secondary N) is 1. The summed E-state index contributed by atoms with van der Waals surface area (Å²) in [6.07, 6.45) is 0.851. The van der Waals surface area contributed by atoms with Crippen LogP contribution in [0, 0.1) is 0 Å². The van der Waals surface area contributed by atoms with Gasteiger partial charge < -0.3 is 14.6 Å². The number of carbonyl (C=O) groups excluding carboxylic acids is 1. The van der Waals surface area contributed by atoms with E-state index in [4.69, 9.17) is 4.74 Å². The van der Waals surface area contributed by atoms with E-state index < -0.39 is 0 Å². The SMILES string of the molecule is CC[C@@H](NC(=O)c1cc(Br)n2c1COCC2)c1ccccc1. The second kappa shape index (κ2) is 6.67. The van der Waals surface area contributed by atoms with Gasteiger partial charge in [0, 0.05) is 6.54 Å². The van der Waals surface area contributed by atoms with Gasteiger partial charge in [0.15, 0.2) is 0 Å². The quantitative estimate of drug-likeness (QED) is 0.901. The van der Waals surface area contributed by atoms with Crippen molar-refractivity contribution in [3.8, 4) is 0 Å². The first-order chi connectivity index (χ1) is 10.7. The fraction of sp³-hybridized carbons (Fsp3) is 0.353. The summed E-state index contributed by atoms with van der Waals surface area (Å²) in [4.78, 5) is 12.7. The molecule has 0 spiro atoms. The van der Waals surface area contributed by atoms with E-state index in [-0.39, 0.29) is 11.9 Å². The Labute approximate surface area is 138 Å². The van der Waals surface area contributed by atoms with Gasteiger partial charge in [0.1, 0.15) is 0 Å². The topological polar surface area (TPSA) is 43.3 Å². The normalized spacial score (nSPS) is 15.2. The lowest BCUT2D eigenvalue weighted by molar-refractivity contribution is 0.0803. The third kappa shape index (κ3) is 2.96. The van der Waals surface area contributed by atoms with Crippen LogP contribution in [0.4, 0.5) is 0 Å². The molecular formula is C17H19BrN2O2. The van der Waals surface area contributed by atoms with Gasteiger partial charge in [0.05, 0.1) is 35.1 Å². The first-order valence-corrected chi connectivity index (χ1v) is 8.31. The largest absolute Gasteiger partial charge is 0.373 e. The Bertz CT molecular complexity index is 667. The van der Waals surface area contributed by atoms with Crippen LogP contribution in [0.1, 0.15) is 41.0 Å². The molecule has 22 heavy (non-hydrogen) atoms. The van der Waals surface area contributed by atoms with Crippen molar-refractivity contribution < 1.29 is 9.53 Å². The minimum atomic E-state index is -0.0457. The van der Waals surface area contributed by atoms with Crippen LogP contribution in [0.5, 0.6) is 0 Å². The molecule has 2 aromatic rings. The summed E-state index contributed by atoms with van der Waals surface area (Å²) in [5.41, 5.74) is 2.77. The van der Waals surface area contributed by atoms with Crippen LogP contribution < -0.4 is 5.32 Å². The Morgan fingerprint density at radius 1 is 1.41 bits per heavy atom. The minimum Gasteiger partial charge on any atom is -0.373 e. The first-order valence-electron chi connectivity index (χ1n) is 7.52. The molecular weight excluding hydrogens is 344 g/mol. The van der Waals surface area contributed by atoms with Gasteiger partial charge >= 0.3 is 0 Å². The Morgan fingerprint density at radius 2 is 2.18 bits per heavy atom. The van der Waals surface area contributed by atoms with Crippen LogP contribution in [0.25, 0.3) is 0 Å².